The number of hydrogen-bond donors (Lipinski definition) is 2. The Morgan fingerprint density at radius 2 is 2.00 bits per heavy atom. The van der Waals surface area contributed by atoms with Crippen LogP contribution in [0.2, 0.25) is 0 Å². The minimum absolute atomic E-state index is 0.161. The summed E-state index contributed by atoms with van der Waals surface area (Å²) in [6.07, 6.45) is 1.09. The van der Waals surface area contributed by atoms with Crippen LogP contribution in [0.4, 0.5) is 4.39 Å². The van der Waals surface area contributed by atoms with Crippen LogP contribution in [0.25, 0.3) is 10.9 Å². The van der Waals surface area contributed by atoms with Crippen LogP contribution in [-0.4, -0.2) is 43.3 Å². The monoisotopic (exact) mass is 407 g/mol. The van der Waals surface area contributed by atoms with Gasteiger partial charge in [0.15, 0.2) is 0 Å². The van der Waals surface area contributed by atoms with Crippen molar-refractivity contribution in [2.75, 3.05) is 13.1 Å². The summed E-state index contributed by atoms with van der Waals surface area (Å²) >= 11 is 1.18. The lowest BCUT2D eigenvalue weighted by atomic mass is 10.1. The maximum atomic E-state index is 13.3. The summed E-state index contributed by atoms with van der Waals surface area (Å²) in [4.78, 5) is 17.4. The third-order valence-electron chi connectivity index (χ3n) is 4.68. The molecule has 142 valence electrons. The Balaban J connectivity index is 1.40. The van der Waals surface area contributed by atoms with Gasteiger partial charge in [0.2, 0.25) is 10.0 Å². The summed E-state index contributed by atoms with van der Waals surface area (Å²) in [5.74, 6) is -0.509. The number of carbonyl (C=O) groups excluding carboxylic acids is 1. The summed E-state index contributed by atoms with van der Waals surface area (Å²) in [6.45, 7) is 0.917. The molecule has 3 heterocycles. The van der Waals surface area contributed by atoms with E-state index in [1.165, 1.54) is 23.5 Å². The van der Waals surface area contributed by atoms with Gasteiger partial charge in [0.1, 0.15) is 15.7 Å². The van der Waals surface area contributed by atoms with E-state index in [-0.39, 0.29) is 17.8 Å². The number of benzene rings is 1. The zero-order chi connectivity index (χ0) is 19.0. The van der Waals surface area contributed by atoms with Crippen LogP contribution in [-0.2, 0) is 10.0 Å². The molecule has 1 aliphatic rings. The number of carbonyl (C=O) groups is 1. The van der Waals surface area contributed by atoms with E-state index in [0.29, 0.717) is 46.7 Å². The molecule has 0 radical (unpaired) electrons. The first-order valence-corrected chi connectivity index (χ1v) is 10.9. The van der Waals surface area contributed by atoms with Gasteiger partial charge in [0, 0.05) is 30.0 Å². The second kappa shape index (κ2) is 7.06. The number of nitrogens with one attached hydrogen (secondary N) is 2. The first kappa shape index (κ1) is 18.1. The highest BCUT2D eigenvalue weighted by Crippen LogP contribution is 2.21. The van der Waals surface area contributed by atoms with Crippen LogP contribution in [0, 0.1) is 5.82 Å². The number of aromatic amines is 1. The van der Waals surface area contributed by atoms with Crippen LogP contribution >= 0.6 is 11.3 Å². The molecule has 9 heteroatoms. The number of thiophene rings is 1. The zero-order valence-corrected chi connectivity index (χ0v) is 15.9. The second-order valence-electron chi connectivity index (χ2n) is 6.53. The second-order valence-corrected chi connectivity index (χ2v) is 9.42. The van der Waals surface area contributed by atoms with Gasteiger partial charge in [-0.05, 0) is 48.6 Å². The molecular formula is C18H18FN3O3S2. The lowest BCUT2D eigenvalue weighted by Gasteiger charge is -2.31. The number of halogens is 1. The van der Waals surface area contributed by atoms with Gasteiger partial charge in [-0.2, -0.15) is 0 Å². The Bertz CT molecular complexity index is 1070. The highest BCUT2D eigenvalue weighted by molar-refractivity contribution is 7.91. The van der Waals surface area contributed by atoms with E-state index in [1.807, 2.05) is 0 Å². The molecule has 0 atom stereocenters. The van der Waals surface area contributed by atoms with Crippen LogP contribution in [0.5, 0.6) is 0 Å². The van der Waals surface area contributed by atoms with Gasteiger partial charge in [0.05, 0.1) is 0 Å². The molecule has 2 aromatic heterocycles. The fraction of sp³-hybridized carbons (Fsp3) is 0.278. The number of H-pyrrole nitrogens is 1. The molecule has 0 aliphatic carbocycles. The summed E-state index contributed by atoms with van der Waals surface area (Å²) in [5.41, 5.74) is 1.12. The first-order chi connectivity index (χ1) is 12.9. The molecule has 1 fully saturated rings. The number of piperidine rings is 1. The molecule has 4 rings (SSSR count). The van der Waals surface area contributed by atoms with Crippen molar-refractivity contribution in [1.29, 1.82) is 0 Å². The van der Waals surface area contributed by atoms with E-state index in [2.05, 4.69) is 9.71 Å². The normalized spacial score (nSPS) is 16.1. The number of aromatic nitrogens is 1. The molecule has 1 amide bonds. The summed E-state index contributed by atoms with van der Waals surface area (Å²) in [7, 11) is -3.50. The standard InChI is InChI=1S/C18H18FN3O3S2/c19-13-3-4-15-12(10-13)11-16(20-15)18(23)22-7-5-14(6-8-22)21-27(24,25)17-2-1-9-26-17/h1-4,9-11,14,20-21H,5-8H2. The fourth-order valence-electron chi connectivity index (χ4n) is 3.28. The molecule has 2 N–H and O–H groups in total. The molecule has 0 saturated carbocycles. The molecule has 1 saturated heterocycles. The highest BCUT2D eigenvalue weighted by atomic mass is 32.2. The Hall–Kier alpha value is -2.23. The van der Waals surface area contributed by atoms with Gasteiger partial charge in [-0.3, -0.25) is 4.79 Å². The van der Waals surface area contributed by atoms with E-state index >= 15 is 0 Å². The highest BCUT2D eigenvalue weighted by Gasteiger charge is 2.28. The third kappa shape index (κ3) is 3.76. The number of hydrogen-bond acceptors (Lipinski definition) is 4. The predicted octanol–water partition coefficient (Wildman–Crippen LogP) is 2.95. The number of amides is 1. The number of nitrogens with zero attached hydrogens (tertiary/aromatic N) is 1. The van der Waals surface area contributed by atoms with Crippen molar-refractivity contribution in [1.82, 2.24) is 14.6 Å². The molecule has 1 aliphatic heterocycles. The number of sulfonamides is 1. The van der Waals surface area contributed by atoms with Gasteiger partial charge in [-0.1, -0.05) is 6.07 Å². The van der Waals surface area contributed by atoms with Crippen molar-refractivity contribution in [3.8, 4) is 0 Å². The van der Waals surface area contributed by atoms with Gasteiger partial charge in [-0.15, -0.1) is 11.3 Å². The predicted molar refractivity (Wildman–Crippen MR) is 102 cm³/mol. The molecule has 0 bridgehead atoms. The third-order valence-corrected chi connectivity index (χ3v) is 7.60. The summed E-state index contributed by atoms with van der Waals surface area (Å²) in [5, 5.41) is 2.37. The van der Waals surface area contributed by atoms with Crippen molar-refractivity contribution in [3.63, 3.8) is 0 Å². The Morgan fingerprint density at radius 3 is 2.70 bits per heavy atom. The van der Waals surface area contributed by atoms with Crippen molar-refractivity contribution in [2.24, 2.45) is 0 Å². The SMILES string of the molecule is O=C(c1cc2cc(F)ccc2[nH]1)N1CCC(NS(=O)(=O)c2cccs2)CC1. The molecule has 3 aromatic rings. The average molecular weight is 407 g/mol. The van der Waals surface area contributed by atoms with E-state index in [9.17, 15) is 17.6 Å². The Morgan fingerprint density at radius 1 is 1.22 bits per heavy atom. The number of likely N-dealkylation sites (tertiary alicyclic amines) is 1. The Labute approximate surface area is 160 Å². The van der Waals surface area contributed by atoms with Gasteiger partial charge in [0.25, 0.3) is 5.91 Å². The van der Waals surface area contributed by atoms with Crippen molar-refractivity contribution < 1.29 is 17.6 Å². The lowest BCUT2D eigenvalue weighted by Crippen LogP contribution is -2.46. The van der Waals surface area contributed by atoms with E-state index in [4.69, 9.17) is 0 Å². The summed E-state index contributed by atoms with van der Waals surface area (Å²) < 4.78 is 41.0. The van der Waals surface area contributed by atoms with Crippen molar-refractivity contribution >= 4 is 38.2 Å². The van der Waals surface area contributed by atoms with Gasteiger partial charge in [-0.25, -0.2) is 17.5 Å². The van der Waals surface area contributed by atoms with Crippen LogP contribution in [0.15, 0.2) is 46.0 Å². The lowest BCUT2D eigenvalue weighted by molar-refractivity contribution is 0.0706. The average Bonchev–Trinajstić information content (AvgIpc) is 3.31. The largest absolute Gasteiger partial charge is 0.351 e. The van der Waals surface area contributed by atoms with Crippen molar-refractivity contribution in [2.45, 2.75) is 23.1 Å². The van der Waals surface area contributed by atoms with E-state index in [1.54, 1.807) is 34.5 Å². The molecule has 0 spiro atoms. The van der Waals surface area contributed by atoms with Crippen LogP contribution < -0.4 is 4.72 Å². The van der Waals surface area contributed by atoms with Crippen molar-refractivity contribution in [3.05, 3.63) is 53.3 Å². The molecule has 27 heavy (non-hydrogen) atoms. The maximum Gasteiger partial charge on any atom is 0.270 e. The zero-order valence-electron chi connectivity index (χ0n) is 14.3. The molecule has 1 aromatic carbocycles. The smallest absolute Gasteiger partial charge is 0.270 e. The van der Waals surface area contributed by atoms with Gasteiger partial charge >= 0.3 is 0 Å². The van der Waals surface area contributed by atoms with E-state index in [0.717, 1.165) is 0 Å². The quantitative estimate of drug-likeness (QED) is 0.698. The van der Waals surface area contributed by atoms with E-state index < -0.39 is 10.0 Å². The van der Waals surface area contributed by atoms with Gasteiger partial charge < -0.3 is 9.88 Å². The fourth-order valence-corrected chi connectivity index (χ4v) is 5.60. The number of fused-ring (bicyclic) bond motifs is 1. The molecule has 6 nitrogen and oxygen atoms in total. The summed E-state index contributed by atoms with van der Waals surface area (Å²) in [6, 6.07) is 9.06. The molecular weight excluding hydrogens is 389 g/mol. The van der Waals surface area contributed by atoms with Crippen LogP contribution in [0.3, 0.4) is 0 Å². The van der Waals surface area contributed by atoms with Crippen LogP contribution in [0.1, 0.15) is 23.3 Å². The minimum Gasteiger partial charge on any atom is -0.351 e. The minimum atomic E-state index is -3.50. The first-order valence-electron chi connectivity index (χ1n) is 8.56. The molecule has 0 unspecified atom stereocenters. The number of rotatable bonds is 4. The maximum absolute atomic E-state index is 13.3. The Kier molecular flexibility index (Phi) is 4.75. The topological polar surface area (TPSA) is 82.3 Å².